The van der Waals surface area contributed by atoms with Crippen molar-refractivity contribution >= 4 is 17.0 Å². The number of fused-ring (bicyclic) bond motifs is 1. The molecule has 1 N–H and O–H groups in total. The zero-order chi connectivity index (χ0) is 14.7. The summed E-state index contributed by atoms with van der Waals surface area (Å²) in [6.07, 6.45) is 3.60. The molecule has 0 bridgehead atoms. The van der Waals surface area contributed by atoms with Crippen molar-refractivity contribution in [1.82, 2.24) is 5.32 Å². The van der Waals surface area contributed by atoms with Crippen LogP contribution in [0.2, 0.25) is 0 Å². The van der Waals surface area contributed by atoms with Gasteiger partial charge in [0.2, 0.25) is 0 Å². The predicted molar refractivity (Wildman–Crippen MR) is 92.4 cm³/mol. The zero-order valence-corrected chi connectivity index (χ0v) is 13.7. The van der Waals surface area contributed by atoms with Gasteiger partial charge in [0.15, 0.2) is 0 Å². The van der Waals surface area contributed by atoms with Gasteiger partial charge in [0, 0.05) is 31.9 Å². The standard InChI is InChI=1S/C18H24N2S/c1-14(10-16-7-9-21-13-16)19-12-15-5-6-18-17(11-15)4-3-8-20(18)2/h5-7,9,11,13-14,19H,3-4,8,10,12H2,1-2H3. The molecule has 112 valence electrons. The molecule has 3 heteroatoms. The Labute approximate surface area is 131 Å². The third kappa shape index (κ3) is 3.66. The molecule has 2 nitrogen and oxygen atoms in total. The molecule has 0 saturated heterocycles. The van der Waals surface area contributed by atoms with Gasteiger partial charge in [-0.25, -0.2) is 0 Å². The Morgan fingerprint density at radius 1 is 1.29 bits per heavy atom. The van der Waals surface area contributed by atoms with E-state index in [0.717, 1.165) is 13.0 Å². The molecule has 1 aromatic carbocycles. The van der Waals surface area contributed by atoms with Crippen molar-refractivity contribution in [3.05, 3.63) is 51.7 Å². The molecule has 0 radical (unpaired) electrons. The molecule has 1 aromatic heterocycles. The largest absolute Gasteiger partial charge is 0.374 e. The molecule has 1 atom stereocenters. The third-order valence-corrected chi connectivity index (χ3v) is 5.00. The minimum atomic E-state index is 0.512. The smallest absolute Gasteiger partial charge is 0.0396 e. The summed E-state index contributed by atoms with van der Waals surface area (Å²) in [5, 5.41) is 8.04. The minimum absolute atomic E-state index is 0.512. The molecule has 0 amide bonds. The number of aryl methyl sites for hydroxylation is 1. The predicted octanol–water partition coefficient (Wildman–Crippen LogP) is 3.85. The SMILES string of the molecule is CC(Cc1ccsc1)NCc1ccc2c(c1)CCCN2C. The molecule has 0 aliphatic carbocycles. The van der Waals surface area contributed by atoms with Crippen LogP contribution in [0.4, 0.5) is 5.69 Å². The Bertz CT molecular complexity index is 577. The van der Waals surface area contributed by atoms with Crippen molar-refractivity contribution in [2.75, 3.05) is 18.5 Å². The maximum atomic E-state index is 3.65. The van der Waals surface area contributed by atoms with Crippen molar-refractivity contribution in [3.8, 4) is 0 Å². The number of hydrogen-bond donors (Lipinski definition) is 1. The van der Waals surface area contributed by atoms with Crippen molar-refractivity contribution in [2.45, 2.75) is 38.8 Å². The van der Waals surface area contributed by atoms with E-state index in [2.05, 4.69) is 59.2 Å². The second-order valence-electron chi connectivity index (χ2n) is 6.11. The first-order chi connectivity index (χ1) is 10.2. The van der Waals surface area contributed by atoms with Crippen LogP contribution >= 0.6 is 11.3 Å². The van der Waals surface area contributed by atoms with Crippen LogP contribution in [0.1, 0.15) is 30.0 Å². The van der Waals surface area contributed by atoms with E-state index in [1.54, 1.807) is 11.3 Å². The lowest BCUT2D eigenvalue weighted by Crippen LogP contribution is -2.28. The van der Waals surface area contributed by atoms with E-state index in [1.807, 2.05) is 0 Å². The van der Waals surface area contributed by atoms with E-state index in [-0.39, 0.29) is 0 Å². The van der Waals surface area contributed by atoms with Gasteiger partial charge < -0.3 is 10.2 Å². The lowest BCUT2D eigenvalue weighted by Gasteiger charge is -2.28. The third-order valence-electron chi connectivity index (χ3n) is 4.27. The highest BCUT2D eigenvalue weighted by Crippen LogP contribution is 2.26. The van der Waals surface area contributed by atoms with E-state index in [4.69, 9.17) is 0 Å². The number of nitrogens with one attached hydrogen (secondary N) is 1. The summed E-state index contributed by atoms with van der Waals surface area (Å²) in [6.45, 7) is 4.41. The maximum absolute atomic E-state index is 3.65. The van der Waals surface area contributed by atoms with Crippen LogP contribution in [0.15, 0.2) is 35.0 Å². The molecule has 21 heavy (non-hydrogen) atoms. The van der Waals surface area contributed by atoms with Crippen LogP contribution in [0.25, 0.3) is 0 Å². The molecule has 0 fully saturated rings. The molecule has 2 heterocycles. The second kappa shape index (κ2) is 6.63. The fourth-order valence-corrected chi connectivity index (χ4v) is 3.76. The molecule has 3 rings (SSSR count). The van der Waals surface area contributed by atoms with Gasteiger partial charge in [-0.15, -0.1) is 0 Å². The van der Waals surface area contributed by atoms with Crippen molar-refractivity contribution < 1.29 is 0 Å². The monoisotopic (exact) mass is 300 g/mol. The number of thiophene rings is 1. The summed E-state index contributed by atoms with van der Waals surface area (Å²) >= 11 is 1.78. The number of anilines is 1. The average Bonchev–Trinajstić information content (AvgIpc) is 2.98. The number of benzene rings is 1. The lowest BCUT2D eigenvalue weighted by atomic mass is 9.99. The highest BCUT2D eigenvalue weighted by atomic mass is 32.1. The fourth-order valence-electron chi connectivity index (χ4n) is 3.08. The van der Waals surface area contributed by atoms with Crippen molar-refractivity contribution in [3.63, 3.8) is 0 Å². The first kappa shape index (κ1) is 14.6. The highest BCUT2D eigenvalue weighted by Gasteiger charge is 2.13. The summed E-state index contributed by atoms with van der Waals surface area (Å²) in [5.41, 5.74) is 5.76. The fraction of sp³-hybridized carbons (Fsp3) is 0.444. The summed E-state index contributed by atoms with van der Waals surface area (Å²) < 4.78 is 0. The van der Waals surface area contributed by atoms with Gasteiger partial charge in [-0.3, -0.25) is 0 Å². The highest BCUT2D eigenvalue weighted by molar-refractivity contribution is 7.07. The topological polar surface area (TPSA) is 15.3 Å². The molecule has 1 aliphatic heterocycles. The van der Waals surface area contributed by atoms with Gasteiger partial charge >= 0.3 is 0 Å². The van der Waals surface area contributed by atoms with Crippen LogP contribution in [-0.4, -0.2) is 19.6 Å². The maximum Gasteiger partial charge on any atom is 0.0396 e. The van der Waals surface area contributed by atoms with Crippen LogP contribution in [-0.2, 0) is 19.4 Å². The Balaban J connectivity index is 1.58. The zero-order valence-electron chi connectivity index (χ0n) is 12.9. The average molecular weight is 300 g/mol. The van der Waals surface area contributed by atoms with E-state index < -0.39 is 0 Å². The Morgan fingerprint density at radius 3 is 3.00 bits per heavy atom. The summed E-state index contributed by atoms with van der Waals surface area (Å²) in [7, 11) is 2.19. The first-order valence-corrected chi connectivity index (χ1v) is 8.74. The van der Waals surface area contributed by atoms with E-state index in [9.17, 15) is 0 Å². The van der Waals surface area contributed by atoms with Gasteiger partial charge in [0.1, 0.15) is 0 Å². The quantitative estimate of drug-likeness (QED) is 0.902. The van der Waals surface area contributed by atoms with Gasteiger partial charge in [-0.1, -0.05) is 12.1 Å². The Kier molecular flexibility index (Phi) is 4.61. The van der Waals surface area contributed by atoms with E-state index in [1.165, 1.54) is 41.8 Å². The van der Waals surface area contributed by atoms with Crippen LogP contribution in [0.3, 0.4) is 0 Å². The molecule has 0 spiro atoms. The normalized spacial score (nSPS) is 15.8. The molecular weight excluding hydrogens is 276 g/mol. The Morgan fingerprint density at radius 2 is 2.19 bits per heavy atom. The van der Waals surface area contributed by atoms with Gasteiger partial charge in [-0.2, -0.15) is 11.3 Å². The number of hydrogen-bond acceptors (Lipinski definition) is 3. The van der Waals surface area contributed by atoms with Crippen molar-refractivity contribution in [1.29, 1.82) is 0 Å². The number of nitrogens with zero attached hydrogens (tertiary/aromatic N) is 1. The van der Waals surface area contributed by atoms with E-state index in [0.29, 0.717) is 6.04 Å². The van der Waals surface area contributed by atoms with Gasteiger partial charge in [-0.05, 0) is 65.8 Å². The van der Waals surface area contributed by atoms with Crippen LogP contribution in [0.5, 0.6) is 0 Å². The number of rotatable bonds is 5. The minimum Gasteiger partial charge on any atom is -0.374 e. The van der Waals surface area contributed by atoms with Gasteiger partial charge in [0.25, 0.3) is 0 Å². The van der Waals surface area contributed by atoms with Crippen LogP contribution < -0.4 is 10.2 Å². The molecule has 0 saturated carbocycles. The van der Waals surface area contributed by atoms with Crippen molar-refractivity contribution in [2.24, 2.45) is 0 Å². The summed E-state index contributed by atoms with van der Waals surface area (Å²) in [5.74, 6) is 0. The summed E-state index contributed by atoms with van der Waals surface area (Å²) in [6, 6.07) is 9.67. The molecule has 1 aliphatic rings. The molecule has 1 unspecified atom stereocenters. The lowest BCUT2D eigenvalue weighted by molar-refractivity contribution is 0.545. The Hall–Kier alpha value is -1.32. The van der Waals surface area contributed by atoms with E-state index >= 15 is 0 Å². The second-order valence-corrected chi connectivity index (χ2v) is 6.89. The van der Waals surface area contributed by atoms with Crippen LogP contribution in [0, 0.1) is 0 Å². The summed E-state index contributed by atoms with van der Waals surface area (Å²) in [4.78, 5) is 2.37. The molecular formula is C18H24N2S. The first-order valence-electron chi connectivity index (χ1n) is 7.80. The molecule has 2 aromatic rings. The van der Waals surface area contributed by atoms with Gasteiger partial charge in [0.05, 0.1) is 0 Å².